The van der Waals surface area contributed by atoms with Crippen LogP contribution in [0.3, 0.4) is 0 Å². The minimum Gasteiger partial charge on any atom is -0.312 e. The maximum absolute atomic E-state index is 12.6. The standard InChI is InChI=1S/C19H18N2O3S2/c1-4-10-21-16-9-8-13(2)11-17(16)25-19(21)20-18(22)14-6-5-7-15(12-14)26(3,23)24/h4-9,11-12H,1,10H2,2-3H3. The van der Waals surface area contributed by atoms with Gasteiger partial charge in [-0.05, 0) is 42.8 Å². The Kier molecular flexibility index (Phi) is 4.93. The van der Waals surface area contributed by atoms with Gasteiger partial charge in [0.15, 0.2) is 14.6 Å². The van der Waals surface area contributed by atoms with Crippen LogP contribution >= 0.6 is 11.3 Å². The second-order valence-electron chi connectivity index (χ2n) is 5.97. The van der Waals surface area contributed by atoms with Gasteiger partial charge < -0.3 is 4.57 Å². The van der Waals surface area contributed by atoms with E-state index >= 15 is 0 Å². The van der Waals surface area contributed by atoms with E-state index in [1.807, 2.05) is 29.7 Å². The summed E-state index contributed by atoms with van der Waals surface area (Å²) < 4.78 is 26.4. The number of allylic oxidation sites excluding steroid dienone is 1. The first-order valence-corrected chi connectivity index (χ1v) is 10.6. The normalized spacial score (nSPS) is 12.5. The Morgan fingerprint density at radius 2 is 2.04 bits per heavy atom. The van der Waals surface area contributed by atoms with Crippen LogP contribution in [0.1, 0.15) is 15.9 Å². The molecular formula is C19H18N2O3S2. The van der Waals surface area contributed by atoms with E-state index in [9.17, 15) is 13.2 Å². The summed E-state index contributed by atoms with van der Waals surface area (Å²) in [5.74, 6) is -0.475. The molecule has 0 spiro atoms. The number of amides is 1. The summed E-state index contributed by atoms with van der Waals surface area (Å²) in [6.45, 7) is 6.30. The van der Waals surface area contributed by atoms with Crippen LogP contribution in [0.2, 0.25) is 0 Å². The summed E-state index contributed by atoms with van der Waals surface area (Å²) in [6.07, 6.45) is 2.86. The molecule has 1 aromatic heterocycles. The largest absolute Gasteiger partial charge is 0.312 e. The molecule has 1 amide bonds. The maximum Gasteiger partial charge on any atom is 0.279 e. The third-order valence-electron chi connectivity index (χ3n) is 3.86. The Morgan fingerprint density at radius 3 is 2.73 bits per heavy atom. The van der Waals surface area contributed by atoms with Crippen molar-refractivity contribution >= 4 is 37.3 Å². The molecule has 26 heavy (non-hydrogen) atoms. The Hall–Kier alpha value is -2.51. The number of hydrogen-bond donors (Lipinski definition) is 0. The molecule has 2 aromatic carbocycles. The van der Waals surface area contributed by atoms with Gasteiger partial charge in [-0.1, -0.05) is 29.5 Å². The molecule has 5 nitrogen and oxygen atoms in total. The highest BCUT2D eigenvalue weighted by Crippen LogP contribution is 2.19. The van der Waals surface area contributed by atoms with Crippen LogP contribution in [0.5, 0.6) is 0 Å². The van der Waals surface area contributed by atoms with Crippen molar-refractivity contribution in [2.24, 2.45) is 4.99 Å². The molecule has 0 unspecified atom stereocenters. The predicted molar refractivity (Wildman–Crippen MR) is 104 cm³/mol. The predicted octanol–water partition coefficient (Wildman–Crippen LogP) is 3.34. The molecule has 1 heterocycles. The zero-order chi connectivity index (χ0) is 18.9. The van der Waals surface area contributed by atoms with E-state index < -0.39 is 15.7 Å². The van der Waals surface area contributed by atoms with E-state index in [-0.39, 0.29) is 10.5 Å². The van der Waals surface area contributed by atoms with Crippen LogP contribution in [-0.4, -0.2) is 25.1 Å². The van der Waals surface area contributed by atoms with Gasteiger partial charge in [0.2, 0.25) is 0 Å². The highest BCUT2D eigenvalue weighted by molar-refractivity contribution is 7.90. The zero-order valence-corrected chi connectivity index (χ0v) is 16.1. The summed E-state index contributed by atoms with van der Waals surface area (Å²) in [5, 5.41) is 0. The lowest BCUT2D eigenvalue weighted by atomic mass is 10.2. The molecule has 0 N–H and O–H groups in total. The van der Waals surface area contributed by atoms with Gasteiger partial charge in [-0.2, -0.15) is 4.99 Å². The number of carbonyl (C=O) groups is 1. The Bertz CT molecular complexity index is 1180. The number of aromatic nitrogens is 1. The molecule has 0 radical (unpaired) electrons. The van der Waals surface area contributed by atoms with E-state index in [1.54, 1.807) is 18.2 Å². The smallest absolute Gasteiger partial charge is 0.279 e. The van der Waals surface area contributed by atoms with Crippen LogP contribution in [0, 0.1) is 6.92 Å². The van der Waals surface area contributed by atoms with Crippen molar-refractivity contribution < 1.29 is 13.2 Å². The third kappa shape index (κ3) is 3.68. The number of hydrogen-bond acceptors (Lipinski definition) is 4. The van der Waals surface area contributed by atoms with E-state index in [2.05, 4.69) is 11.6 Å². The molecule has 0 aliphatic carbocycles. The van der Waals surface area contributed by atoms with E-state index in [4.69, 9.17) is 0 Å². The quantitative estimate of drug-likeness (QED) is 0.646. The summed E-state index contributed by atoms with van der Waals surface area (Å²) in [6, 6.07) is 12.0. The van der Waals surface area contributed by atoms with E-state index in [0.29, 0.717) is 11.3 Å². The second kappa shape index (κ2) is 7.01. The Balaban J connectivity index is 2.14. The van der Waals surface area contributed by atoms with Crippen LogP contribution < -0.4 is 4.80 Å². The van der Waals surface area contributed by atoms with Crippen molar-refractivity contribution in [2.75, 3.05) is 6.26 Å². The first kappa shape index (κ1) is 18.3. The van der Waals surface area contributed by atoms with Crippen LogP contribution in [-0.2, 0) is 16.4 Å². The fourth-order valence-electron chi connectivity index (χ4n) is 2.58. The Morgan fingerprint density at radius 1 is 1.27 bits per heavy atom. The number of nitrogens with zero attached hydrogens (tertiary/aromatic N) is 2. The van der Waals surface area contributed by atoms with Crippen LogP contribution in [0.4, 0.5) is 0 Å². The van der Waals surface area contributed by atoms with Gasteiger partial charge in [-0.3, -0.25) is 4.79 Å². The van der Waals surface area contributed by atoms with Gasteiger partial charge in [0, 0.05) is 18.4 Å². The van der Waals surface area contributed by atoms with E-state index in [0.717, 1.165) is 22.0 Å². The number of aryl methyl sites for hydroxylation is 1. The van der Waals surface area contributed by atoms with Gasteiger partial charge >= 0.3 is 0 Å². The van der Waals surface area contributed by atoms with Crippen molar-refractivity contribution in [3.05, 3.63) is 71.0 Å². The number of rotatable bonds is 4. The first-order valence-electron chi connectivity index (χ1n) is 7.89. The van der Waals surface area contributed by atoms with Gasteiger partial charge in [-0.25, -0.2) is 8.42 Å². The molecule has 0 bridgehead atoms. The highest BCUT2D eigenvalue weighted by atomic mass is 32.2. The van der Waals surface area contributed by atoms with Crippen LogP contribution in [0.25, 0.3) is 10.2 Å². The minimum absolute atomic E-state index is 0.101. The molecule has 134 valence electrons. The molecule has 7 heteroatoms. The van der Waals surface area contributed by atoms with Crippen molar-refractivity contribution in [1.82, 2.24) is 4.57 Å². The molecule has 0 saturated carbocycles. The molecule has 0 saturated heterocycles. The fourth-order valence-corrected chi connectivity index (χ4v) is 4.39. The van der Waals surface area contributed by atoms with E-state index in [1.165, 1.54) is 23.5 Å². The average molecular weight is 386 g/mol. The zero-order valence-electron chi connectivity index (χ0n) is 14.5. The number of sulfone groups is 1. The van der Waals surface area contributed by atoms with Gasteiger partial charge in [0.1, 0.15) is 0 Å². The lowest BCUT2D eigenvalue weighted by Crippen LogP contribution is -2.16. The summed E-state index contributed by atoms with van der Waals surface area (Å²) in [4.78, 5) is 17.5. The fraction of sp³-hybridized carbons (Fsp3) is 0.158. The second-order valence-corrected chi connectivity index (χ2v) is 9.00. The monoisotopic (exact) mass is 386 g/mol. The SMILES string of the molecule is C=CCn1c(=NC(=O)c2cccc(S(C)(=O)=O)c2)sc2cc(C)ccc21. The molecule has 0 aliphatic heterocycles. The van der Waals surface area contributed by atoms with Crippen molar-refractivity contribution in [2.45, 2.75) is 18.4 Å². The summed E-state index contributed by atoms with van der Waals surface area (Å²) in [5.41, 5.74) is 2.35. The minimum atomic E-state index is -3.38. The lowest BCUT2D eigenvalue weighted by molar-refractivity contribution is 0.0997. The molecule has 3 aromatic rings. The highest BCUT2D eigenvalue weighted by Gasteiger charge is 2.12. The van der Waals surface area contributed by atoms with Crippen LogP contribution in [0.15, 0.2) is 65.0 Å². The molecule has 3 rings (SSSR count). The van der Waals surface area contributed by atoms with Gasteiger partial charge in [0.05, 0.1) is 15.1 Å². The number of fused-ring (bicyclic) bond motifs is 1. The van der Waals surface area contributed by atoms with Gasteiger partial charge in [-0.15, -0.1) is 6.58 Å². The molecule has 0 atom stereocenters. The molecule has 0 fully saturated rings. The topological polar surface area (TPSA) is 68.5 Å². The number of thiazole rings is 1. The molecule has 0 aliphatic rings. The lowest BCUT2D eigenvalue weighted by Gasteiger charge is -2.02. The van der Waals surface area contributed by atoms with Crippen molar-refractivity contribution in [3.63, 3.8) is 0 Å². The summed E-state index contributed by atoms with van der Waals surface area (Å²) >= 11 is 1.42. The maximum atomic E-state index is 12.6. The number of carbonyl (C=O) groups excluding carboxylic acids is 1. The first-order chi connectivity index (χ1) is 12.3. The average Bonchev–Trinajstić information content (AvgIpc) is 2.91. The Labute approximate surface area is 155 Å². The summed E-state index contributed by atoms with van der Waals surface area (Å²) in [7, 11) is -3.38. The van der Waals surface area contributed by atoms with Crippen molar-refractivity contribution in [3.8, 4) is 0 Å². The number of benzene rings is 2. The molecular weight excluding hydrogens is 368 g/mol. The van der Waals surface area contributed by atoms with Gasteiger partial charge in [0.25, 0.3) is 5.91 Å². The third-order valence-corrected chi connectivity index (χ3v) is 6.01. The van der Waals surface area contributed by atoms with Crippen molar-refractivity contribution in [1.29, 1.82) is 0 Å².